The molecule has 1 fully saturated rings. The Morgan fingerprint density at radius 2 is 1.76 bits per heavy atom. The number of aliphatic hydroxyl groups is 1. The van der Waals surface area contributed by atoms with Crippen LogP contribution < -0.4 is 0 Å². The van der Waals surface area contributed by atoms with Gasteiger partial charge in [0.1, 0.15) is 12.2 Å². The average Bonchev–Trinajstić information content (AvgIpc) is 3.18. The number of carboxylic acids is 1. The number of hydrogen-bond acceptors (Lipinski definition) is 5. The highest BCUT2D eigenvalue weighted by Gasteiger charge is 2.48. The molecular weight excluding hydrogens is 558 g/mol. The van der Waals surface area contributed by atoms with Crippen molar-refractivity contribution in [2.75, 3.05) is 0 Å². The molecule has 1 aliphatic carbocycles. The van der Waals surface area contributed by atoms with Crippen molar-refractivity contribution in [3.8, 4) is 0 Å². The summed E-state index contributed by atoms with van der Waals surface area (Å²) in [7, 11) is -2.46. The molecule has 5 atom stereocenters. The topological polar surface area (TPSA) is 93.1 Å². The summed E-state index contributed by atoms with van der Waals surface area (Å²) in [4.78, 5) is 23.7. The van der Waals surface area contributed by atoms with Crippen LogP contribution in [0, 0.1) is 11.8 Å². The second-order valence-corrected chi connectivity index (χ2v) is 18.0. The largest absolute Gasteiger partial charge is 0.481 e. The summed E-state index contributed by atoms with van der Waals surface area (Å²) in [5.74, 6) is -4.65. The number of ether oxygens (including phenoxy) is 1. The van der Waals surface area contributed by atoms with E-state index in [4.69, 9.17) is 14.3 Å². The molecule has 2 rings (SSSR count). The zero-order chi connectivity index (χ0) is 31.6. The van der Waals surface area contributed by atoms with Crippen LogP contribution in [0.4, 0.5) is 8.78 Å². The molecule has 9 heteroatoms. The molecule has 0 aromatic heterocycles. The smallest absolute Gasteiger partial charge is 0.338 e. The van der Waals surface area contributed by atoms with Gasteiger partial charge >= 0.3 is 11.9 Å². The maximum atomic E-state index is 15.3. The molecule has 0 saturated heterocycles. The van der Waals surface area contributed by atoms with Crippen LogP contribution in [0.15, 0.2) is 42.5 Å². The minimum Gasteiger partial charge on any atom is -0.481 e. The monoisotopic (exact) mass is 610 g/mol. The third kappa shape index (κ3) is 10.9. The molecule has 6 nitrogen and oxygen atoms in total. The van der Waals surface area contributed by atoms with Crippen LogP contribution in [-0.2, 0) is 14.0 Å². The SMILES string of the molecule is CCCC(F)(F)[C@@H](CCC[C@@H]1[C@@H](C/C=C\CCCC(=O)O)[C@@H](O)C[C@H]1OC(=O)c1ccccc1)O[Si](C)(C)C(C)(C)C. The summed E-state index contributed by atoms with van der Waals surface area (Å²) < 4.78 is 42.9. The van der Waals surface area contributed by atoms with Crippen molar-refractivity contribution in [3.63, 3.8) is 0 Å². The van der Waals surface area contributed by atoms with Gasteiger partial charge < -0.3 is 19.4 Å². The van der Waals surface area contributed by atoms with Gasteiger partial charge in [0, 0.05) is 25.2 Å². The number of aliphatic carboxylic acids is 1. The van der Waals surface area contributed by atoms with Crippen molar-refractivity contribution in [2.45, 2.75) is 134 Å². The van der Waals surface area contributed by atoms with E-state index in [1.165, 1.54) is 0 Å². The number of rotatable bonds is 17. The van der Waals surface area contributed by atoms with E-state index in [0.29, 0.717) is 44.1 Å². The number of aliphatic hydroxyl groups excluding tert-OH is 1. The standard InChI is InChI=1S/C33H52F2O6Si/c1-7-22-33(34,35)29(41-42(5,6)32(2,3)4)20-15-19-26-25(18-13-8-9-14-21-30(37)38)27(36)23-28(26)40-31(39)24-16-11-10-12-17-24/h8,10-13,16-17,25-29,36H,7,9,14-15,18-23H2,1-6H3,(H,37,38)/b13-8-/t25-,26-,27+,28-,29-/m1/s1. The van der Waals surface area contributed by atoms with Gasteiger partial charge in [-0.2, -0.15) is 0 Å². The molecule has 2 N–H and O–H groups in total. The van der Waals surface area contributed by atoms with Gasteiger partial charge in [0.25, 0.3) is 5.92 Å². The van der Waals surface area contributed by atoms with Crippen molar-refractivity contribution in [2.24, 2.45) is 11.8 Å². The van der Waals surface area contributed by atoms with Crippen molar-refractivity contribution in [1.29, 1.82) is 0 Å². The lowest BCUT2D eigenvalue weighted by Crippen LogP contribution is -2.49. The Morgan fingerprint density at radius 1 is 1.10 bits per heavy atom. The molecule has 0 unspecified atom stereocenters. The Bertz CT molecular complexity index is 1010. The van der Waals surface area contributed by atoms with Gasteiger partial charge in [-0.25, -0.2) is 13.6 Å². The van der Waals surface area contributed by atoms with Gasteiger partial charge in [0.2, 0.25) is 0 Å². The van der Waals surface area contributed by atoms with Gasteiger partial charge in [0.15, 0.2) is 8.32 Å². The summed E-state index contributed by atoms with van der Waals surface area (Å²) in [6.45, 7) is 11.9. The van der Waals surface area contributed by atoms with E-state index in [1.54, 1.807) is 31.2 Å². The quantitative estimate of drug-likeness (QED) is 0.0796. The maximum absolute atomic E-state index is 15.3. The van der Waals surface area contributed by atoms with Gasteiger partial charge in [-0.15, -0.1) is 0 Å². The minimum atomic E-state index is -2.95. The molecule has 0 spiro atoms. The first kappa shape index (κ1) is 36.1. The average molecular weight is 611 g/mol. The summed E-state index contributed by atoms with van der Waals surface area (Å²) in [5.41, 5.74) is 0.426. The van der Waals surface area contributed by atoms with Crippen molar-refractivity contribution in [3.05, 3.63) is 48.0 Å². The fourth-order valence-corrected chi connectivity index (χ4v) is 6.82. The molecule has 1 aliphatic rings. The molecule has 0 amide bonds. The number of alkyl halides is 2. The first-order valence-electron chi connectivity index (χ1n) is 15.5. The minimum absolute atomic E-state index is 0.0946. The highest BCUT2D eigenvalue weighted by atomic mass is 28.4. The Balaban J connectivity index is 2.19. The normalized spacial score (nSPS) is 22.4. The van der Waals surface area contributed by atoms with Crippen LogP contribution >= 0.6 is 0 Å². The lowest BCUT2D eigenvalue weighted by molar-refractivity contribution is -0.137. The predicted octanol–water partition coefficient (Wildman–Crippen LogP) is 8.41. The van der Waals surface area contributed by atoms with Crippen LogP contribution in [0.3, 0.4) is 0 Å². The fourth-order valence-electron chi connectivity index (χ4n) is 5.46. The highest BCUT2D eigenvalue weighted by Crippen LogP contribution is 2.43. The van der Waals surface area contributed by atoms with Gasteiger partial charge in [-0.1, -0.05) is 70.9 Å². The number of benzene rings is 1. The van der Waals surface area contributed by atoms with Gasteiger partial charge in [-0.3, -0.25) is 4.79 Å². The van der Waals surface area contributed by atoms with E-state index in [9.17, 15) is 14.7 Å². The molecule has 1 aromatic rings. The van der Waals surface area contributed by atoms with Crippen molar-refractivity contribution in [1.82, 2.24) is 0 Å². The van der Waals surface area contributed by atoms with E-state index in [2.05, 4.69) is 0 Å². The number of carbonyl (C=O) groups excluding carboxylic acids is 1. The number of unbranched alkanes of at least 4 members (excludes halogenated alkanes) is 1. The summed E-state index contributed by atoms with van der Waals surface area (Å²) >= 11 is 0. The number of carbonyl (C=O) groups is 2. The van der Waals surface area contributed by atoms with Crippen LogP contribution in [-0.4, -0.2) is 54.7 Å². The van der Waals surface area contributed by atoms with Crippen molar-refractivity contribution >= 4 is 20.3 Å². The van der Waals surface area contributed by atoms with Crippen LogP contribution in [0.1, 0.15) is 102 Å². The molecule has 0 bridgehead atoms. The number of allylic oxidation sites excluding steroid dienone is 2. The first-order chi connectivity index (χ1) is 19.6. The van der Waals surface area contributed by atoms with Gasteiger partial charge in [0.05, 0.1) is 11.7 Å². The summed E-state index contributed by atoms with van der Waals surface area (Å²) in [5, 5.41) is 19.6. The molecule has 0 aliphatic heterocycles. The summed E-state index contributed by atoms with van der Waals surface area (Å²) in [6, 6.07) is 8.69. The van der Waals surface area contributed by atoms with Crippen LogP contribution in [0.2, 0.25) is 18.1 Å². The Labute approximate surface area is 252 Å². The van der Waals surface area contributed by atoms with Crippen LogP contribution in [0.5, 0.6) is 0 Å². The van der Waals surface area contributed by atoms with E-state index < -0.39 is 44.5 Å². The van der Waals surface area contributed by atoms with Crippen molar-refractivity contribution < 1.29 is 37.7 Å². The Hall–Kier alpha value is -2.10. The third-order valence-corrected chi connectivity index (χ3v) is 13.4. The van der Waals surface area contributed by atoms with E-state index >= 15 is 8.78 Å². The predicted molar refractivity (Wildman–Crippen MR) is 164 cm³/mol. The molecule has 238 valence electrons. The van der Waals surface area contributed by atoms with E-state index in [-0.39, 0.29) is 42.6 Å². The molecule has 1 saturated carbocycles. The van der Waals surface area contributed by atoms with Gasteiger partial charge in [-0.05, 0) is 68.3 Å². The lowest BCUT2D eigenvalue weighted by Gasteiger charge is -2.41. The van der Waals surface area contributed by atoms with Crippen LogP contribution in [0.25, 0.3) is 0 Å². The second kappa shape index (κ2) is 16.1. The molecule has 0 radical (unpaired) electrons. The second-order valence-electron chi connectivity index (χ2n) is 13.2. The Morgan fingerprint density at radius 3 is 2.36 bits per heavy atom. The fraction of sp³-hybridized carbons (Fsp3) is 0.697. The molecule has 1 aromatic carbocycles. The summed E-state index contributed by atoms with van der Waals surface area (Å²) in [6.07, 6.45) is 4.78. The Kier molecular flexibility index (Phi) is 13.8. The zero-order valence-corrected chi connectivity index (χ0v) is 27.3. The lowest BCUT2D eigenvalue weighted by atomic mass is 9.85. The highest BCUT2D eigenvalue weighted by molar-refractivity contribution is 6.74. The first-order valence-corrected chi connectivity index (χ1v) is 18.4. The molecule has 0 heterocycles. The number of halogens is 2. The third-order valence-electron chi connectivity index (χ3n) is 8.90. The maximum Gasteiger partial charge on any atom is 0.338 e. The molecule has 42 heavy (non-hydrogen) atoms. The van der Waals surface area contributed by atoms with E-state index in [1.807, 2.05) is 52.1 Å². The number of hydrogen-bond donors (Lipinski definition) is 2. The zero-order valence-electron chi connectivity index (χ0n) is 26.3. The number of carboxylic acid groups (broad SMARTS) is 1. The number of esters is 1. The van der Waals surface area contributed by atoms with E-state index in [0.717, 1.165) is 0 Å². The molecular formula is C33H52F2O6Si.